The van der Waals surface area contributed by atoms with E-state index in [1.54, 1.807) is 0 Å². The molecule has 1 aromatic rings. The molecule has 0 spiro atoms. The highest BCUT2D eigenvalue weighted by Gasteiger charge is 2.21. The third kappa shape index (κ3) is 7.14. The van der Waals surface area contributed by atoms with Gasteiger partial charge in [0.25, 0.3) is 0 Å². The summed E-state index contributed by atoms with van der Waals surface area (Å²) >= 11 is 0. The summed E-state index contributed by atoms with van der Waals surface area (Å²) in [5, 5.41) is 6.28. The zero-order valence-electron chi connectivity index (χ0n) is 17.9. The molecule has 0 aromatic heterocycles. The molecule has 1 amide bonds. The van der Waals surface area contributed by atoms with Crippen molar-refractivity contribution in [3.8, 4) is 0 Å². The monoisotopic (exact) mass is 501 g/mol. The fourth-order valence-electron chi connectivity index (χ4n) is 3.32. The standard InChI is InChI=1S/C21H35N5O.HI/c1-6-22-21(23-11-10-20(27)24-16(2)3)26-14-12-25(13-15-26)19-9-7-8-17(4)18(19)5;/h7-9,16H,6,10-15H2,1-5H3,(H,22,23)(H,24,27);1H. The van der Waals surface area contributed by atoms with Gasteiger partial charge >= 0.3 is 0 Å². The predicted octanol–water partition coefficient (Wildman–Crippen LogP) is 2.92. The van der Waals surface area contributed by atoms with Crippen molar-refractivity contribution in [3.05, 3.63) is 29.3 Å². The smallest absolute Gasteiger partial charge is 0.222 e. The van der Waals surface area contributed by atoms with Crippen LogP contribution in [0.25, 0.3) is 0 Å². The molecule has 1 aromatic carbocycles. The lowest BCUT2D eigenvalue weighted by atomic mass is 10.1. The number of aryl methyl sites for hydroxylation is 1. The van der Waals surface area contributed by atoms with Crippen LogP contribution in [0, 0.1) is 13.8 Å². The number of amides is 1. The number of anilines is 1. The molecule has 1 fully saturated rings. The first kappa shape index (κ1) is 24.5. The molecular formula is C21H36IN5O. The lowest BCUT2D eigenvalue weighted by molar-refractivity contribution is -0.121. The third-order valence-corrected chi connectivity index (χ3v) is 4.88. The first-order valence-electron chi connectivity index (χ1n) is 10.1. The number of rotatable bonds is 6. The van der Waals surface area contributed by atoms with Gasteiger partial charge in [-0.15, -0.1) is 24.0 Å². The molecule has 2 N–H and O–H groups in total. The van der Waals surface area contributed by atoms with Gasteiger partial charge in [0, 0.05) is 50.9 Å². The predicted molar refractivity (Wildman–Crippen MR) is 129 cm³/mol. The number of benzene rings is 1. The number of hydrogen-bond acceptors (Lipinski definition) is 3. The van der Waals surface area contributed by atoms with Crippen LogP contribution >= 0.6 is 24.0 Å². The summed E-state index contributed by atoms with van der Waals surface area (Å²) in [5.41, 5.74) is 4.04. The van der Waals surface area contributed by atoms with E-state index in [9.17, 15) is 4.79 Å². The number of carbonyl (C=O) groups is 1. The van der Waals surface area contributed by atoms with Gasteiger partial charge in [0.1, 0.15) is 0 Å². The Hall–Kier alpha value is -1.51. The maximum atomic E-state index is 11.8. The van der Waals surface area contributed by atoms with Crippen LogP contribution in [0.4, 0.5) is 5.69 Å². The molecular weight excluding hydrogens is 465 g/mol. The average molecular weight is 501 g/mol. The molecule has 6 nitrogen and oxygen atoms in total. The van der Waals surface area contributed by atoms with Crippen LogP contribution in [0.15, 0.2) is 23.2 Å². The maximum Gasteiger partial charge on any atom is 0.222 e. The number of piperazine rings is 1. The second kappa shape index (κ2) is 12.1. The Balaban J connectivity index is 0.00000392. The molecule has 1 aliphatic heterocycles. The van der Waals surface area contributed by atoms with Crippen molar-refractivity contribution < 1.29 is 4.79 Å². The Morgan fingerprint density at radius 1 is 1.18 bits per heavy atom. The maximum absolute atomic E-state index is 11.8. The van der Waals surface area contributed by atoms with Gasteiger partial charge in [-0.05, 0) is 51.8 Å². The average Bonchev–Trinajstić information content (AvgIpc) is 2.63. The molecule has 0 radical (unpaired) electrons. The molecule has 1 heterocycles. The van der Waals surface area contributed by atoms with Crippen molar-refractivity contribution in [2.24, 2.45) is 4.99 Å². The highest BCUT2D eigenvalue weighted by molar-refractivity contribution is 14.0. The first-order chi connectivity index (χ1) is 12.9. The molecule has 7 heteroatoms. The second-order valence-electron chi connectivity index (χ2n) is 7.40. The van der Waals surface area contributed by atoms with Gasteiger partial charge in [-0.25, -0.2) is 0 Å². The minimum Gasteiger partial charge on any atom is -0.368 e. The normalized spacial score (nSPS) is 14.7. The van der Waals surface area contributed by atoms with Crippen molar-refractivity contribution in [2.45, 2.75) is 47.1 Å². The van der Waals surface area contributed by atoms with Gasteiger partial charge < -0.3 is 20.4 Å². The minimum atomic E-state index is 0. The summed E-state index contributed by atoms with van der Waals surface area (Å²) in [4.78, 5) is 21.2. The number of nitrogens with zero attached hydrogens (tertiary/aromatic N) is 3. The summed E-state index contributed by atoms with van der Waals surface area (Å²) in [6.45, 7) is 15.5. The van der Waals surface area contributed by atoms with E-state index in [0.717, 1.165) is 38.7 Å². The van der Waals surface area contributed by atoms with Crippen LogP contribution in [0.2, 0.25) is 0 Å². The van der Waals surface area contributed by atoms with E-state index in [0.29, 0.717) is 13.0 Å². The second-order valence-corrected chi connectivity index (χ2v) is 7.40. The molecule has 158 valence electrons. The highest BCUT2D eigenvalue weighted by Crippen LogP contribution is 2.23. The zero-order valence-corrected chi connectivity index (χ0v) is 20.2. The number of nitrogens with one attached hydrogen (secondary N) is 2. The number of aliphatic imine (C=N–C) groups is 1. The highest BCUT2D eigenvalue weighted by atomic mass is 127. The zero-order chi connectivity index (χ0) is 19.8. The fourth-order valence-corrected chi connectivity index (χ4v) is 3.32. The molecule has 0 aliphatic carbocycles. The van der Waals surface area contributed by atoms with Crippen LogP contribution in [0.3, 0.4) is 0 Å². The first-order valence-corrected chi connectivity index (χ1v) is 10.1. The molecule has 28 heavy (non-hydrogen) atoms. The number of guanidine groups is 1. The number of carbonyl (C=O) groups excluding carboxylic acids is 1. The SMILES string of the molecule is CCNC(=NCCC(=O)NC(C)C)N1CCN(c2cccc(C)c2C)CC1.I. The molecule has 0 unspecified atom stereocenters. The van der Waals surface area contributed by atoms with E-state index in [4.69, 9.17) is 0 Å². The van der Waals surface area contributed by atoms with Crippen LogP contribution in [0.5, 0.6) is 0 Å². The fraction of sp³-hybridized carbons (Fsp3) is 0.619. The number of halogens is 1. The molecule has 1 saturated heterocycles. The van der Waals surface area contributed by atoms with Crippen LogP contribution < -0.4 is 15.5 Å². The Morgan fingerprint density at radius 3 is 2.46 bits per heavy atom. The van der Waals surface area contributed by atoms with Crippen LogP contribution in [-0.2, 0) is 4.79 Å². The number of hydrogen-bond donors (Lipinski definition) is 2. The minimum absolute atomic E-state index is 0. The van der Waals surface area contributed by atoms with E-state index >= 15 is 0 Å². The van der Waals surface area contributed by atoms with Crippen LogP contribution in [-0.4, -0.2) is 62.1 Å². The van der Waals surface area contributed by atoms with E-state index in [1.807, 2.05) is 13.8 Å². The summed E-state index contributed by atoms with van der Waals surface area (Å²) in [5.74, 6) is 0.972. The van der Waals surface area contributed by atoms with Crippen molar-refractivity contribution in [1.29, 1.82) is 0 Å². The molecule has 1 aliphatic rings. The summed E-state index contributed by atoms with van der Waals surface area (Å²) in [6, 6.07) is 6.69. The van der Waals surface area contributed by atoms with E-state index in [1.165, 1.54) is 16.8 Å². The van der Waals surface area contributed by atoms with E-state index in [-0.39, 0.29) is 35.9 Å². The Bertz CT molecular complexity index is 654. The molecule has 0 bridgehead atoms. The van der Waals surface area contributed by atoms with Gasteiger partial charge in [0.2, 0.25) is 5.91 Å². The Morgan fingerprint density at radius 2 is 1.86 bits per heavy atom. The molecule has 0 atom stereocenters. The third-order valence-electron chi connectivity index (χ3n) is 4.88. The van der Waals surface area contributed by atoms with Gasteiger partial charge in [-0.1, -0.05) is 12.1 Å². The summed E-state index contributed by atoms with van der Waals surface area (Å²) < 4.78 is 0. The van der Waals surface area contributed by atoms with Gasteiger partial charge in [0.15, 0.2) is 5.96 Å². The van der Waals surface area contributed by atoms with Gasteiger partial charge in [-0.2, -0.15) is 0 Å². The largest absolute Gasteiger partial charge is 0.368 e. The topological polar surface area (TPSA) is 60.0 Å². The summed E-state index contributed by atoms with van der Waals surface area (Å²) in [6.07, 6.45) is 0.426. The Labute approximate surface area is 187 Å². The van der Waals surface area contributed by atoms with Crippen molar-refractivity contribution >= 4 is 41.5 Å². The van der Waals surface area contributed by atoms with E-state index < -0.39 is 0 Å². The quantitative estimate of drug-likeness (QED) is 0.358. The lowest BCUT2D eigenvalue weighted by Crippen LogP contribution is -2.52. The Kier molecular flexibility index (Phi) is 10.6. The summed E-state index contributed by atoms with van der Waals surface area (Å²) in [7, 11) is 0. The van der Waals surface area contributed by atoms with Crippen molar-refractivity contribution in [3.63, 3.8) is 0 Å². The van der Waals surface area contributed by atoms with Crippen molar-refractivity contribution in [2.75, 3.05) is 44.2 Å². The molecule has 2 rings (SSSR count). The van der Waals surface area contributed by atoms with Gasteiger partial charge in [-0.3, -0.25) is 9.79 Å². The molecule has 0 saturated carbocycles. The van der Waals surface area contributed by atoms with Crippen molar-refractivity contribution in [1.82, 2.24) is 15.5 Å². The van der Waals surface area contributed by atoms with Gasteiger partial charge in [0.05, 0.1) is 6.54 Å². The van der Waals surface area contributed by atoms with Crippen LogP contribution in [0.1, 0.15) is 38.3 Å². The van der Waals surface area contributed by atoms with E-state index in [2.05, 4.69) is 64.4 Å². The lowest BCUT2D eigenvalue weighted by Gasteiger charge is -2.38.